The molecule has 1 saturated heterocycles. The lowest BCUT2D eigenvalue weighted by Crippen LogP contribution is -2.60. The van der Waals surface area contributed by atoms with Gasteiger partial charge in [0.1, 0.15) is 24.4 Å². The van der Waals surface area contributed by atoms with Crippen LogP contribution in [0.1, 0.15) is 418 Å². The Hall–Kier alpha value is -2.38. The summed E-state index contributed by atoms with van der Waals surface area (Å²) >= 11 is 0. The number of ether oxygens (including phenoxy) is 3. The van der Waals surface area contributed by atoms with Crippen LogP contribution in [-0.4, -0.2) is 100 Å². The van der Waals surface area contributed by atoms with E-state index < -0.39 is 49.5 Å². The average Bonchev–Trinajstić information content (AvgIpc) is 1.45. The van der Waals surface area contributed by atoms with Crippen LogP contribution in [0.15, 0.2) is 48.6 Å². The lowest BCUT2D eigenvalue weighted by atomic mass is 9.99. The molecule has 1 heterocycles. The van der Waals surface area contributed by atoms with E-state index in [1.165, 1.54) is 327 Å². The van der Waals surface area contributed by atoms with E-state index >= 15 is 0 Å². The Morgan fingerprint density at radius 2 is 0.698 bits per heavy atom. The lowest BCUT2D eigenvalue weighted by Gasteiger charge is -2.40. The number of esters is 1. The molecule has 0 aromatic heterocycles. The van der Waals surface area contributed by atoms with Gasteiger partial charge in [0, 0.05) is 12.8 Å². The second-order valence-electron chi connectivity index (χ2n) is 29.2. The number of nitrogens with one attached hydrogen (secondary N) is 1. The molecule has 0 bridgehead atoms. The van der Waals surface area contributed by atoms with E-state index in [-0.39, 0.29) is 18.5 Å². The molecule has 6 N–H and O–H groups in total. The van der Waals surface area contributed by atoms with Crippen LogP contribution in [0.5, 0.6) is 0 Å². The predicted molar refractivity (Wildman–Crippen MR) is 407 cm³/mol. The van der Waals surface area contributed by atoms with Gasteiger partial charge in [-0.2, -0.15) is 0 Å². The molecule has 11 nitrogen and oxygen atoms in total. The smallest absolute Gasteiger partial charge is 0.305 e. The summed E-state index contributed by atoms with van der Waals surface area (Å²) in [6, 6.07) is -0.809. The van der Waals surface area contributed by atoms with Gasteiger partial charge < -0.3 is 45.1 Å². The largest absolute Gasteiger partial charge is 0.466 e. The van der Waals surface area contributed by atoms with Crippen molar-refractivity contribution in [1.82, 2.24) is 5.32 Å². The van der Waals surface area contributed by atoms with Crippen molar-refractivity contribution < 1.29 is 49.3 Å². The molecule has 1 fully saturated rings. The number of hydrogen-bond donors (Lipinski definition) is 6. The predicted octanol–water partition coefficient (Wildman–Crippen LogP) is 23.0. The van der Waals surface area contributed by atoms with Crippen molar-refractivity contribution >= 4 is 11.9 Å². The molecule has 1 aliphatic heterocycles. The average molecular weight is 1360 g/mol. The molecule has 7 atom stereocenters. The zero-order chi connectivity index (χ0) is 69.4. The van der Waals surface area contributed by atoms with E-state index in [0.717, 1.165) is 64.2 Å². The molecule has 7 unspecified atom stereocenters. The Morgan fingerprint density at radius 3 is 1.06 bits per heavy atom. The molecule has 0 aromatic carbocycles. The monoisotopic (exact) mass is 1350 g/mol. The van der Waals surface area contributed by atoms with Crippen molar-refractivity contribution in [2.24, 2.45) is 0 Å². The normalized spacial score (nSPS) is 17.5. The van der Waals surface area contributed by atoms with Crippen LogP contribution >= 0.6 is 0 Å². The molecule has 1 rings (SSSR count). The van der Waals surface area contributed by atoms with Crippen molar-refractivity contribution in [1.29, 1.82) is 0 Å². The molecule has 0 spiro atoms. The van der Waals surface area contributed by atoms with Crippen LogP contribution < -0.4 is 5.32 Å². The highest BCUT2D eigenvalue weighted by Crippen LogP contribution is 2.24. The maximum Gasteiger partial charge on any atom is 0.305 e. The van der Waals surface area contributed by atoms with Crippen LogP contribution in [-0.2, 0) is 23.8 Å². The number of hydrogen-bond acceptors (Lipinski definition) is 10. The van der Waals surface area contributed by atoms with Crippen molar-refractivity contribution in [3.63, 3.8) is 0 Å². The highest BCUT2D eigenvalue weighted by atomic mass is 16.7. The number of amides is 1. The fraction of sp³-hybridized carbons (Fsp3) is 0.882. The van der Waals surface area contributed by atoms with Crippen LogP contribution in [0.4, 0.5) is 0 Å². The van der Waals surface area contributed by atoms with Gasteiger partial charge in [0.15, 0.2) is 6.29 Å². The minimum Gasteiger partial charge on any atom is -0.466 e. The first-order chi connectivity index (χ1) is 47.2. The Bertz CT molecular complexity index is 1740. The van der Waals surface area contributed by atoms with Gasteiger partial charge in [-0.25, -0.2) is 0 Å². The van der Waals surface area contributed by atoms with Gasteiger partial charge in [-0.3, -0.25) is 9.59 Å². The number of aliphatic hydroxyl groups excluding tert-OH is 5. The van der Waals surface area contributed by atoms with Crippen LogP contribution in [0, 0.1) is 0 Å². The Morgan fingerprint density at radius 1 is 0.385 bits per heavy atom. The SMILES string of the molecule is CCCCCCC/C=C\CCCCCCCC(=O)OCCCCCCCCCCCCCCCCC/C=C\C/C=C\CCCCCCCCCCCCCCCCCCCC(=O)NC(COC1OC(CO)C(O)C(O)C1O)C(O)/C=C/CCCCCCCCCCCCCCC. The van der Waals surface area contributed by atoms with Crippen molar-refractivity contribution in [3.05, 3.63) is 48.6 Å². The van der Waals surface area contributed by atoms with E-state index in [4.69, 9.17) is 14.2 Å². The Balaban J connectivity index is 1.91. The van der Waals surface area contributed by atoms with Gasteiger partial charge in [-0.1, -0.05) is 364 Å². The minimum atomic E-state index is -1.57. The summed E-state index contributed by atoms with van der Waals surface area (Å²) in [6.45, 7) is 4.39. The first kappa shape index (κ1) is 91.6. The van der Waals surface area contributed by atoms with Crippen LogP contribution in [0.3, 0.4) is 0 Å². The standard InChI is InChI=1S/C85H159NO10/c1-3-5-7-9-11-13-15-17-44-47-51-55-59-63-67-71-78(88)77(76-95-85-84(93)83(92)82(91)79(75-87)96-85)86-80(89)72-68-64-60-56-52-48-45-42-40-38-36-34-32-30-28-26-24-22-20-19-21-23-25-27-29-31-33-35-37-39-41-43-46-50-54-58-62-66-70-74-94-81(90)73-69-65-61-57-53-49-18-16-14-12-10-8-6-4-2/h16,18-20,23,25,67,71,77-79,82-85,87-88,91-93H,3-15,17,21-22,24,26-66,68-70,72-76H2,1-2H3,(H,86,89)/b18-16-,20-19-,25-23-,71-67+. The fourth-order valence-electron chi connectivity index (χ4n) is 13.3. The third-order valence-electron chi connectivity index (χ3n) is 19.9. The van der Waals surface area contributed by atoms with E-state index in [2.05, 4.69) is 55.6 Å². The first-order valence-corrected chi connectivity index (χ1v) is 41.9. The Labute approximate surface area is 593 Å². The second kappa shape index (κ2) is 73.8. The van der Waals surface area contributed by atoms with Gasteiger partial charge in [-0.15, -0.1) is 0 Å². The highest BCUT2D eigenvalue weighted by Gasteiger charge is 2.44. The summed E-state index contributed by atoms with van der Waals surface area (Å²) in [6.07, 6.45) is 88.6. The van der Waals surface area contributed by atoms with Gasteiger partial charge in [-0.05, 0) is 89.9 Å². The molecule has 1 aliphatic rings. The zero-order valence-corrected chi connectivity index (χ0v) is 63.1. The maximum atomic E-state index is 13.1. The third kappa shape index (κ3) is 61.5. The summed E-state index contributed by atoms with van der Waals surface area (Å²) in [5.41, 5.74) is 0. The van der Waals surface area contributed by atoms with E-state index in [0.29, 0.717) is 19.4 Å². The lowest BCUT2D eigenvalue weighted by molar-refractivity contribution is -0.302. The van der Waals surface area contributed by atoms with E-state index in [1.807, 2.05) is 6.08 Å². The summed E-state index contributed by atoms with van der Waals surface area (Å²) in [7, 11) is 0. The highest BCUT2D eigenvalue weighted by molar-refractivity contribution is 5.76. The molecule has 0 aromatic rings. The van der Waals surface area contributed by atoms with Gasteiger partial charge in [0.25, 0.3) is 0 Å². The fourth-order valence-corrected chi connectivity index (χ4v) is 13.3. The molecule has 0 radical (unpaired) electrons. The quantitative estimate of drug-likeness (QED) is 0.0195. The Kier molecular flexibility index (Phi) is 70.5. The molecule has 0 aliphatic carbocycles. The molecular formula is C85H159NO10. The number of allylic oxidation sites excluding steroid dienone is 7. The molecule has 0 saturated carbocycles. The van der Waals surface area contributed by atoms with E-state index in [1.54, 1.807) is 6.08 Å². The summed E-state index contributed by atoms with van der Waals surface area (Å²) in [5.74, 6) is -0.169. The minimum absolute atomic E-state index is 0.00652. The molecule has 564 valence electrons. The summed E-state index contributed by atoms with van der Waals surface area (Å²) in [4.78, 5) is 25.2. The van der Waals surface area contributed by atoms with Crippen molar-refractivity contribution in [2.45, 2.75) is 461 Å². The zero-order valence-electron chi connectivity index (χ0n) is 63.1. The maximum absolute atomic E-state index is 13.1. The topological polar surface area (TPSA) is 175 Å². The molecule has 96 heavy (non-hydrogen) atoms. The van der Waals surface area contributed by atoms with Gasteiger partial charge >= 0.3 is 5.97 Å². The number of unbranched alkanes of at least 4 members (excludes halogenated alkanes) is 55. The number of aliphatic hydroxyl groups is 5. The number of rotatable bonds is 75. The van der Waals surface area contributed by atoms with Gasteiger partial charge in [0.05, 0.1) is 32.0 Å². The summed E-state index contributed by atoms with van der Waals surface area (Å²) in [5, 5.41) is 54.7. The number of carbonyl (C=O) groups is 2. The first-order valence-electron chi connectivity index (χ1n) is 41.9. The van der Waals surface area contributed by atoms with Crippen LogP contribution in [0.2, 0.25) is 0 Å². The molecule has 1 amide bonds. The van der Waals surface area contributed by atoms with Gasteiger partial charge in [0.2, 0.25) is 5.91 Å². The van der Waals surface area contributed by atoms with Crippen molar-refractivity contribution in [3.8, 4) is 0 Å². The molecular weight excluding hydrogens is 1190 g/mol. The van der Waals surface area contributed by atoms with Crippen LogP contribution in [0.25, 0.3) is 0 Å². The number of carbonyl (C=O) groups excluding carboxylic acids is 2. The second-order valence-corrected chi connectivity index (χ2v) is 29.2. The summed E-state index contributed by atoms with van der Waals surface area (Å²) < 4.78 is 16.8. The van der Waals surface area contributed by atoms with E-state index in [9.17, 15) is 35.1 Å². The molecule has 11 heteroatoms. The third-order valence-corrected chi connectivity index (χ3v) is 19.9. The van der Waals surface area contributed by atoms with Crippen molar-refractivity contribution in [2.75, 3.05) is 19.8 Å².